The summed E-state index contributed by atoms with van der Waals surface area (Å²) in [6.45, 7) is 3.27. The number of carbonyl (C=O) groups is 2. The molecular weight excluding hydrogens is 324 g/mol. The number of benzene rings is 1. The van der Waals surface area contributed by atoms with Crippen LogP contribution in [0.1, 0.15) is 34.6 Å². The summed E-state index contributed by atoms with van der Waals surface area (Å²) in [7, 11) is 1.47. The topological polar surface area (TPSA) is 97.8 Å². The fraction of sp³-hybridized carbons (Fsp3) is 0.278. The van der Waals surface area contributed by atoms with Gasteiger partial charge in [-0.2, -0.15) is 0 Å². The van der Waals surface area contributed by atoms with E-state index >= 15 is 0 Å². The lowest BCUT2D eigenvalue weighted by Crippen LogP contribution is -2.27. The minimum Gasteiger partial charge on any atom is -0.482 e. The van der Waals surface area contributed by atoms with Gasteiger partial charge in [-0.05, 0) is 43.7 Å². The number of nitrogens with one attached hydrogen (secondary N) is 1. The standard InChI is InChI=1S/C18H20N2O5/c1-11-4-9-15(18(19-11)24-3)17(23)20-12(2)13-5-7-14(8-6-13)25-10-16(21)22/h4-9,12H,10H2,1-3H3,(H,20,23)(H,21,22). The Hall–Kier alpha value is -3.09. The number of aromatic nitrogens is 1. The lowest BCUT2D eigenvalue weighted by molar-refractivity contribution is -0.139. The van der Waals surface area contributed by atoms with Crippen molar-refractivity contribution in [3.63, 3.8) is 0 Å². The number of carboxylic acid groups (broad SMARTS) is 1. The number of amides is 1. The van der Waals surface area contributed by atoms with Crippen molar-refractivity contribution in [3.05, 3.63) is 53.2 Å². The van der Waals surface area contributed by atoms with Crippen LogP contribution in [-0.2, 0) is 4.79 Å². The quantitative estimate of drug-likeness (QED) is 0.800. The fourth-order valence-electron chi connectivity index (χ4n) is 2.22. The summed E-state index contributed by atoms with van der Waals surface area (Å²) < 4.78 is 10.2. The molecule has 1 aromatic carbocycles. The van der Waals surface area contributed by atoms with E-state index in [4.69, 9.17) is 14.6 Å². The van der Waals surface area contributed by atoms with E-state index in [0.717, 1.165) is 11.3 Å². The molecule has 1 atom stereocenters. The maximum atomic E-state index is 12.4. The summed E-state index contributed by atoms with van der Waals surface area (Å²) in [5.74, 6) is -0.593. The van der Waals surface area contributed by atoms with E-state index in [9.17, 15) is 9.59 Å². The zero-order chi connectivity index (χ0) is 18.4. The number of nitrogens with zero attached hydrogens (tertiary/aromatic N) is 1. The summed E-state index contributed by atoms with van der Waals surface area (Å²) in [5, 5.41) is 11.5. The van der Waals surface area contributed by atoms with E-state index in [2.05, 4.69) is 10.3 Å². The number of hydrogen-bond donors (Lipinski definition) is 2. The Labute approximate surface area is 145 Å². The number of hydrogen-bond acceptors (Lipinski definition) is 5. The lowest BCUT2D eigenvalue weighted by Gasteiger charge is -2.16. The summed E-state index contributed by atoms with van der Waals surface area (Å²) in [5.41, 5.74) is 1.98. The lowest BCUT2D eigenvalue weighted by atomic mass is 10.1. The molecular formula is C18H20N2O5. The van der Waals surface area contributed by atoms with Crippen LogP contribution in [0.25, 0.3) is 0 Å². The van der Waals surface area contributed by atoms with Gasteiger partial charge in [0.05, 0.1) is 13.2 Å². The molecule has 0 saturated carbocycles. The third kappa shape index (κ3) is 4.94. The van der Waals surface area contributed by atoms with E-state index in [1.807, 2.05) is 13.8 Å². The van der Waals surface area contributed by atoms with Gasteiger partial charge >= 0.3 is 5.97 Å². The second kappa shape index (κ2) is 8.14. The molecule has 0 fully saturated rings. The van der Waals surface area contributed by atoms with Crippen molar-refractivity contribution in [1.82, 2.24) is 10.3 Å². The predicted octanol–water partition coefficient (Wildman–Crippen LogP) is 2.35. The van der Waals surface area contributed by atoms with Gasteiger partial charge in [0.2, 0.25) is 5.88 Å². The minimum absolute atomic E-state index is 0.257. The maximum absolute atomic E-state index is 12.4. The van der Waals surface area contributed by atoms with Gasteiger partial charge in [-0.1, -0.05) is 12.1 Å². The Morgan fingerprint density at radius 2 is 1.88 bits per heavy atom. The van der Waals surface area contributed by atoms with Crippen molar-refractivity contribution in [3.8, 4) is 11.6 Å². The van der Waals surface area contributed by atoms with Crippen molar-refractivity contribution in [1.29, 1.82) is 0 Å². The average Bonchev–Trinajstić information content (AvgIpc) is 2.59. The molecule has 7 heteroatoms. The highest BCUT2D eigenvalue weighted by atomic mass is 16.5. The van der Waals surface area contributed by atoms with Gasteiger partial charge in [0.25, 0.3) is 5.91 Å². The molecule has 25 heavy (non-hydrogen) atoms. The maximum Gasteiger partial charge on any atom is 0.341 e. The molecule has 2 aromatic rings. The van der Waals surface area contributed by atoms with E-state index in [1.165, 1.54) is 7.11 Å². The molecule has 7 nitrogen and oxygen atoms in total. The average molecular weight is 344 g/mol. The second-order valence-electron chi connectivity index (χ2n) is 5.46. The van der Waals surface area contributed by atoms with Crippen LogP contribution < -0.4 is 14.8 Å². The largest absolute Gasteiger partial charge is 0.482 e. The molecule has 0 bridgehead atoms. The first-order valence-corrected chi connectivity index (χ1v) is 7.67. The van der Waals surface area contributed by atoms with E-state index < -0.39 is 12.6 Å². The Bertz CT molecular complexity index is 759. The van der Waals surface area contributed by atoms with Gasteiger partial charge in [0.15, 0.2) is 6.61 Å². The van der Waals surface area contributed by atoms with Crippen LogP contribution in [0.5, 0.6) is 11.6 Å². The highest BCUT2D eigenvalue weighted by Gasteiger charge is 2.16. The Morgan fingerprint density at radius 3 is 2.48 bits per heavy atom. The molecule has 1 aromatic heterocycles. The smallest absolute Gasteiger partial charge is 0.341 e. The number of pyridine rings is 1. The number of ether oxygens (including phenoxy) is 2. The van der Waals surface area contributed by atoms with Crippen LogP contribution in [0.15, 0.2) is 36.4 Å². The van der Waals surface area contributed by atoms with E-state index in [1.54, 1.807) is 36.4 Å². The zero-order valence-electron chi connectivity index (χ0n) is 14.3. The van der Waals surface area contributed by atoms with Gasteiger partial charge in [-0.25, -0.2) is 9.78 Å². The van der Waals surface area contributed by atoms with Gasteiger partial charge in [-0.15, -0.1) is 0 Å². The van der Waals surface area contributed by atoms with Crippen LogP contribution in [-0.4, -0.2) is 35.7 Å². The highest BCUT2D eigenvalue weighted by Crippen LogP contribution is 2.20. The Morgan fingerprint density at radius 1 is 1.20 bits per heavy atom. The third-order valence-electron chi connectivity index (χ3n) is 3.53. The zero-order valence-corrected chi connectivity index (χ0v) is 14.3. The van der Waals surface area contributed by atoms with Gasteiger partial charge in [0, 0.05) is 5.69 Å². The minimum atomic E-state index is -1.04. The first-order chi connectivity index (χ1) is 11.9. The second-order valence-corrected chi connectivity index (χ2v) is 5.46. The summed E-state index contributed by atoms with van der Waals surface area (Å²) >= 11 is 0. The summed E-state index contributed by atoms with van der Waals surface area (Å²) in [6.07, 6.45) is 0. The van der Waals surface area contributed by atoms with Gasteiger partial charge < -0.3 is 19.9 Å². The molecule has 1 unspecified atom stereocenters. The summed E-state index contributed by atoms with van der Waals surface area (Å²) in [4.78, 5) is 27.1. The molecule has 0 aliphatic rings. The summed E-state index contributed by atoms with van der Waals surface area (Å²) in [6, 6.07) is 10.0. The Balaban J connectivity index is 2.05. The van der Waals surface area contributed by atoms with Crippen molar-refractivity contribution in [2.24, 2.45) is 0 Å². The van der Waals surface area contributed by atoms with Crippen LogP contribution in [0.2, 0.25) is 0 Å². The first-order valence-electron chi connectivity index (χ1n) is 7.67. The number of carbonyl (C=O) groups excluding carboxylic acids is 1. The monoisotopic (exact) mass is 344 g/mol. The molecule has 1 amide bonds. The highest BCUT2D eigenvalue weighted by molar-refractivity contribution is 5.96. The molecule has 0 spiro atoms. The number of aryl methyl sites for hydroxylation is 1. The molecule has 2 N–H and O–H groups in total. The number of carboxylic acids is 1. The van der Waals surface area contributed by atoms with Crippen LogP contribution in [0.3, 0.4) is 0 Å². The molecule has 132 valence electrons. The van der Waals surface area contributed by atoms with Gasteiger partial charge in [0.1, 0.15) is 11.3 Å². The van der Waals surface area contributed by atoms with E-state index in [-0.39, 0.29) is 17.8 Å². The van der Waals surface area contributed by atoms with Crippen LogP contribution >= 0.6 is 0 Å². The molecule has 1 heterocycles. The van der Waals surface area contributed by atoms with Gasteiger partial charge in [-0.3, -0.25) is 4.79 Å². The Kier molecular flexibility index (Phi) is 5.94. The predicted molar refractivity (Wildman–Crippen MR) is 91.0 cm³/mol. The number of aliphatic carboxylic acids is 1. The van der Waals surface area contributed by atoms with Crippen molar-refractivity contribution >= 4 is 11.9 Å². The molecule has 0 aliphatic heterocycles. The van der Waals surface area contributed by atoms with Crippen LogP contribution in [0.4, 0.5) is 0 Å². The molecule has 2 rings (SSSR count). The van der Waals surface area contributed by atoms with E-state index in [0.29, 0.717) is 11.3 Å². The van der Waals surface area contributed by atoms with Crippen LogP contribution in [0, 0.1) is 6.92 Å². The molecule has 0 aliphatic carbocycles. The molecule has 0 saturated heterocycles. The fourth-order valence-corrected chi connectivity index (χ4v) is 2.22. The third-order valence-corrected chi connectivity index (χ3v) is 3.53. The van der Waals surface area contributed by atoms with Crippen molar-refractivity contribution in [2.45, 2.75) is 19.9 Å². The first kappa shape index (κ1) is 18.3. The molecule has 0 radical (unpaired) electrons. The number of methoxy groups -OCH3 is 1. The SMILES string of the molecule is COc1nc(C)ccc1C(=O)NC(C)c1ccc(OCC(=O)O)cc1. The number of rotatable bonds is 7. The van der Waals surface area contributed by atoms with Crippen molar-refractivity contribution in [2.75, 3.05) is 13.7 Å². The van der Waals surface area contributed by atoms with Crippen molar-refractivity contribution < 1.29 is 24.2 Å². The normalized spacial score (nSPS) is 11.5.